The van der Waals surface area contributed by atoms with E-state index < -0.39 is 0 Å². The molecule has 4 rings (SSSR count). The summed E-state index contributed by atoms with van der Waals surface area (Å²) in [6.45, 7) is 0. The monoisotopic (exact) mass is 273 g/mol. The van der Waals surface area contributed by atoms with Gasteiger partial charge in [-0.3, -0.25) is 4.79 Å². The molecule has 2 aromatic carbocycles. The molecule has 0 saturated carbocycles. The Bertz CT molecular complexity index is 799. The molecular formula is C19H15NO. The van der Waals surface area contributed by atoms with E-state index in [2.05, 4.69) is 29.6 Å². The van der Waals surface area contributed by atoms with Gasteiger partial charge in [0.25, 0.3) is 5.91 Å². The highest BCUT2D eigenvalue weighted by molar-refractivity contribution is 6.14. The average molecular weight is 273 g/mol. The Kier molecular flexibility index (Phi) is 2.74. The minimum absolute atomic E-state index is 0.0286. The first-order valence-electron chi connectivity index (χ1n) is 7.24. The van der Waals surface area contributed by atoms with E-state index in [4.69, 9.17) is 0 Å². The zero-order valence-corrected chi connectivity index (χ0v) is 11.6. The molecule has 102 valence electrons. The molecule has 1 N–H and O–H groups in total. The molecule has 0 atom stereocenters. The molecule has 0 saturated heterocycles. The predicted octanol–water partition coefficient (Wildman–Crippen LogP) is 4.51. The second kappa shape index (κ2) is 4.74. The van der Waals surface area contributed by atoms with Crippen LogP contribution in [0.4, 0.5) is 5.69 Å². The SMILES string of the molecule is O=C1Nc2ccccc2C2=C(CCC=C2)c2ccccc21. The van der Waals surface area contributed by atoms with Crippen molar-refractivity contribution >= 4 is 22.7 Å². The predicted molar refractivity (Wildman–Crippen MR) is 86.0 cm³/mol. The maximum atomic E-state index is 12.5. The van der Waals surface area contributed by atoms with E-state index in [0.717, 1.165) is 35.2 Å². The Balaban J connectivity index is 2.08. The van der Waals surface area contributed by atoms with Gasteiger partial charge in [0.05, 0.1) is 0 Å². The van der Waals surface area contributed by atoms with Crippen molar-refractivity contribution in [2.45, 2.75) is 12.8 Å². The molecule has 21 heavy (non-hydrogen) atoms. The van der Waals surface area contributed by atoms with Gasteiger partial charge in [-0.25, -0.2) is 0 Å². The van der Waals surface area contributed by atoms with Crippen LogP contribution < -0.4 is 5.32 Å². The summed E-state index contributed by atoms with van der Waals surface area (Å²) >= 11 is 0. The number of allylic oxidation sites excluding steroid dienone is 4. The highest BCUT2D eigenvalue weighted by Crippen LogP contribution is 2.40. The Hall–Kier alpha value is -2.61. The van der Waals surface area contributed by atoms with E-state index in [-0.39, 0.29) is 5.91 Å². The minimum Gasteiger partial charge on any atom is -0.321 e. The summed E-state index contributed by atoms with van der Waals surface area (Å²) in [5, 5.41) is 3.04. The molecule has 0 radical (unpaired) electrons. The first-order chi connectivity index (χ1) is 10.3. The molecule has 2 aromatic rings. The minimum atomic E-state index is -0.0286. The molecule has 1 heterocycles. The van der Waals surface area contributed by atoms with Gasteiger partial charge in [-0.05, 0) is 41.7 Å². The summed E-state index contributed by atoms with van der Waals surface area (Å²) in [6.07, 6.45) is 6.40. The van der Waals surface area contributed by atoms with Crippen molar-refractivity contribution in [1.29, 1.82) is 0 Å². The molecule has 1 aliphatic heterocycles. The fraction of sp³-hybridized carbons (Fsp3) is 0.105. The highest BCUT2D eigenvalue weighted by Gasteiger charge is 2.23. The molecule has 1 aliphatic carbocycles. The number of amides is 1. The lowest BCUT2D eigenvalue weighted by Crippen LogP contribution is -2.17. The molecule has 2 aliphatic rings. The highest BCUT2D eigenvalue weighted by atomic mass is 16.1. The van der Waals surface area contributed by atoms with Crippen LogP contribution in [0.3, 0.4) is 0 Å². The first kappa shape index (κ1) is 12.2. The Morgan fingerprint density at radius 3 is 2.43 bits per heavy atom. The molecule has 0 bridgehead atoms. The molecule has 1 amide bonds. The molecule has 0 fully saturated rings. The van der Waals surface area contributed by atoms with Crippen LogP contribution in [0.25, 0.3) is 11.1 Å². The van der Waals surface area contributed by atoms with Gasteiger partial charge < -0.3 is 5.32 Å². The lowest BCUT2D eigenvalue weighted by Gasteiger charge is -2.24. The number of rotatable bonds is 0. The summed E-state index contributed by atoms with van der Waals surface area (Å²) in [7, 11) is 0. The van der Waals surface area contributed by atoms with E-state index in [1.807, 2.05) is 36.4 Å². The zero-order valence-electron chi connectivity index (χ0n) is 11.6. The van der Waals surface area contributed by atoms with Crippen LogP contribution in [-0.2, 0) is 0 Å². The van der Waals surface area contributed by atoms with Crippen molar-refractivity contribution in [2.75, 3.05) is 5.32 Å². The normalized spacial score (nSPS) is 16.3. The maximum Gasteiger partial charge on any atom is 0.256 e. The topological polar surface area (TPSA) is 29.1 Å². The number of benzene rings is 2. The number of nitrogens with one attached hydrogen (secondary N) is 1. The van der Waals surface area contributed by atoms with E-state index in [1.54, 1.807) is 0 Å². The molecule has 0 unspecified atom stereocenters. The lowest BCUT2D eigenvalue weighted by molar-refractivity contribution is 0.102. The van der Waals surface area contributed by atoms with Gasteiger partial charge in [0.1, 0.15) is 0 Å². The second-order valence-corrected chi connectivity index (χ2v) is 5.38. The van der Waals surface area contributed by atoms with Gasteiger partial charge in [0.2, 0.25) is 0 Å². The largest absolute Gasteiger partial charge is 0.321 e. The smallest absolute Gasteiger partial charge is 0.256 e. The molecule has 2 nitrogen and oxygen atoms in total. The van der Waals surface area contributed by atoms with Crippen LogP contribution in [0, 0.1) is 0 Å². The van der Waals surface area contributed by atoms with Crippen molar-refractivity contribution in [2.24, 2.45) is 0 Å². The summed E-state index contributed by atoms with van der Waals surface area (Å²) < 4.78 is 0. The van der Waals surface area contributed by atoms with Crippen LogP contribution in [-0.4, -0.2) is 5.91 Å². The van der Waals surface area contributed by atoms with Gasteiger partial charge in [-0.15, -0.1) is 0 Å². The zero-order chi connectivity index (χ0) is 14.2. The molecule has 0 spiro atoms. The van der Waals surface area contributed by atoms with Crippen LogP contribution in [0.1, 0.15) is 34.3 Å². The summed E-state index contributed by atoms with van der Waals surface area (Å²) in [6, 6.07) is 15.9. The van der Waals surface area contributed by atoms with Crippen molar-refractivity contribution in [1.82, 2.24) is 0 Å². The average Bonchev–Trinajstić information content (AvgIpc) is 2.54. The number of carbonyl (C=O) groups is 1. The number of para-hydroxylation sites is 1. The van der Waals surface area contributed by atoms with Crippen molar-refractivity contribution in [3.05, 3.63) is 77.4 Å². The Labute approximate surface area is 123 Å². The number of anilines is 1. The molecule has 2 heteroatoms. The third kappa shape index (κ3) is 1.91. The third-order valence-electron chi connectivity index (χ3n) is 4.13. The van der Waals surface area contributed by atoms with Crippen LogP contribution >= 0.6 is 0 Å². The number of hydrogen-bond acceptors (Lipinski definition) is 1. The number of carbonyl (C=O) groups excluding carboxylic acids is 1. The van der Waals surface area contributed by atoms with Gasteiger partial charge in [0.15, 0.2) is 0 Å². The standard InChI is InChI=1S/C19H15NO/c21-19-17-11-4-3-9-15(17)13-7-1-2-8-14(13)16-10-5-6-12-18(16)20-19/h2-6,8-12H,1,7H2,(H,20,21). The Morgan fingerprint density at radius 1 is 0.857 bits per heavy atom. The quantitative estimate of drug-likeness (QED) is 0.751. The van der Waals surface area contributed by atoms with E-state index >= 15 is 0 Å². The van der Waals surface area contributed by atoms with Crippen LogP contribution in [0.5, 0.6) is 0 Å². The fourth-order valence-corrected chi connectivity index (χ4v) is 3.16. The summed E-state index contributed by atoms with van der Waals surface area (Å²) in [5.41, 5.74) is 6.31. The van der Waals surface area contributed by atoms with Crippen molar-refractivity contribution in [3.8, 4) is 0 Å². The molecule has 0 aromatic heterocycles. The van der Waals surface area contributed by atoms with Gasteiger partial charge in [-0.1, -0.05) is 48.6 Å². The second-order valence-electron chi connectivity index (χ2n) is 5.38. The first-order valence-corrected chi connectivity index (χ1v) is 7.24. The maximum absolute atomic E-state index is 12.5. The van der Waals surface area contributed by atoms with E-state index in [1.165, 1.54) is 11.1 Å². The summed E-state index contributed by atoms with van der Waals surface area (Å²) in [4.78, 5) is 12.5. The fourth-order valence-electron chi connectivity index (χ4n) is 3.16. The van der Waals surface area contributed by atoms with Crippen molar-refractivity contribution in [3.63, 3.8) is 0 Å². The number of fused-ring (bicyclic) bond motifs is 4. The van der Waals surface area contributed by atoms with E-state index in [0.29, 0.717) is 0 Å². The third-order valence-corrected chi connectivity index (χ3v) is 4.13. The van der Waals surface area contributed by atoms with E-state index in [9.17, 15) is 4.79 Å². The molecular weight excluding hydrogens is 258 g/mol. The summed E-state index contributed by atoms with van der Waals surface area (Å²) in [5.74, 6) is -0.0286. The van der Waals surface area contributed by atoms with Crippen LogP contribution in [0.2, 0.25) is 0 Å². The van der Waals surface area contributed by atoms with Crippen molar-refractivity contribution < 1.29 is 4.79 Å². The van der Waals surface area contributed by atoms with Gasteiger partial charge >= 0.3 is 0 Å². The van der Waals surface area contributed by atoms with Gasteiger partial charge in [-0.2, -0.15) is 0 Å². The van der Waals surface area contributed by atoms with Gasteiger partial charge in [0, 0.05) is 16.8 Å². The lowest BCUT2D eigenvalue weighted by atomic mass is 9.84. The Morgan fingerprint density at radius 2 is 1.57 bits per heavy atom. The number of hydrogen-bond donors (Lipinski definition) is 1. The van der Waals surface area contributed by atoms with Crippen LogP contribution in [0.15, 0.2) is 60.7 Å².